The Labute approximate surface area is 165 Å². The van der Waals surface area contributed by atoms with E-state index in [1.807, 2.05) is 24.3 Å². The van der Waals surface area contributed by atoms with E-state index in [1.165, 1.54) is 18.2 Å². The first-order valence-corrected chi connectivity index (χ1v) is 8.72. The fourth-order valence-corrected chi connectivity index (χ4v) is 2.95. The number of hydrogen-bond donors (Lipinski definition) is 4. The van der Waals surface area contributed by atoms with Crippen molar-refractivity contribution in [3.05, 3.63) is 75.0 Å². The molecule has 0 aliphatic heterocycles. The first-order chi connectivity index (χ1) is 13.5. The van der Waals surface area contributed by atoms with Crippen molar-refractivity contribution in [1.82, 2.24) is 11.0 Å². The molecular formula is C17H17BClN3O6. The van der Waals surface area contributed by atoms with Gasteiger partial charge in [-0.15, -0.1) is 0 Å². The van der Waals surface area contributed by atoms with Crippen LogP contribution >= 0.6 is 11.6 Å². The molecule has 4 N–H and O–H groups in total. The molecule has 1 heterocycles. The molecule has 0 unspecified atom stereocenters. The molecule has 0 aliphatic rings. The highest BCUT2D eigenvalue weighted by molar-refractivity contribution is 6.43. The second-order valence-electron chi connectivity index (χ2n) is 6.07. The number of nitro benzene ring substituents is 1. The minimum atomic E-state index is -1.68. The molecule has 0 fully saturated rings. The Hall–Kier alpha value is -2.47. The van der Waals surface area contributed by atoms with Gasteiger partial charge >= 0.3 is 7.12 Å². The van der Waals surface area contributed by atoms with E-state index < -0.39 is 18.0 Å². The van der Waals surface area contributed by atoms with Crippen LogP contribution in [0.1, 0.15) is 11.1 Å². The molecule has 0 aliphatic carbocycles. The number of hydroxylamine groups is 2. The van der Waals surface area contributed by atoms with Gasteiger partial charge in [0.15, 0.2) is 0 Å². The largest absolute Gasteiger partial charge is 0.472 e. The maximum Gasteiger partial charge on any atom is 0.472 e. The zero-order valence-electron chi connectivity index (χ0n) is 14.5. The number of nitro groups is 1. The van der Waals surface area contributed by atoms with E-state index in [0.717, 1.165) is 10.9 Å². The molecule has 0 amide bonds. The first kappa shape index (κ1) is 20.3. The van der Waals surface area contributed by atoms with Crippen LogP contribution in [0.3, 0.4) is 0 Å². The average Bonchev–Trinajstić information content (AvgIpc) is 3.06. The fraction of sp³-hybridized carbons (Fsp3) is 0.176. The van der Waals surface area contributed by atoms with Crippen LogP contribution in [0.4, 0.5) is 5.69 Å². The number of nitrogens with one attached hydrogen (secondary N) is 2. The molecule has 1 atom stereocenters. The number of nitrogens with zero attached hydrogens (tertiary/aromatic N) is 1. The van der Waals surface area contributed by atoms with Crippen LogP contribution in [0.5, 0.6) is 0 Å². The van der Waals surface area contributed by atoms with E-state index in [2.05, 4.69) is 11.0 Å². The van der Waals surface area contributed by atoms with Gasteiger partial charge in [0.25, 0.3) is 5.69 Å². The lowest BCUT2D eigenvalue weighted by Crippen LogP contribution is -2.47. The molecule has 28 heavy (non-hydrogen) atoms. The standard InChI is InChI=1S/C17H17BClN3O6/c19-14-7-11(5-6-15(14)22(25)26)9-20-28-21-17(18(23)24)8-12-10-27-16-4-2-1-3-13(12)16/h1-7,10,17,20-21,23-24H,8-9H2/t17-/m0/s1. The van der Waals surface area contributed by atoms with Crippen LogP contribution in [-0.4, -0.2) is 28.0 Å². The van der Waals surface area contributed by atoms with E-state index in [1.54, 1.807) is 6.26 Å². The zero-order valence-corrected chi connectivity index (χ0v) is 15.3. The lowest BCUT2D eigenvalue weighted by molar-refractivity contribution is -0.384. The van der Waals surface area contributed by atoms with Crippen molar-refractivity contribution >= 4 is 35.4 Å². The van der Waals surface area contributed by atoms with Crippen LogP contribution in [0.15, 0.2) is 53.1 Å². The fourth-order valence-electron chi connectivity index (χ4n) is 2.68. The molecule has 0 spiro atoms. The smallest absolute Gasteiger partial charge is 0.464 e. The third-order valence-electron chi connectivity index (χ3n) is 4.13. The Morgan fingerprint density at radius 2 is 2.07 bits per heavy atom. The number of halogens is 1. The lowest BCUT2D eigenvalue weighted by atomic mass is 9.76. The first-order valence-electron chi connectivity index (χ1n) is 8.34. The normalized spacial score (nSPS) is 12.2. The topological polar surface area (TPSA) is 130 Å². The second-order valence-corrected chi connectivity index (χ2v) is 6.47. The molecule has 0 saturated heterocycles. The van der Waals surface area contributed by atoms with Gasteiger partial charge in [-0.25, -0.2) is 4.94 Å². The average molecular weight is 406 g/mol. The number of hydrogen-bond acceptors (Lipinski definition) is 8. The van der Waals surface area contributed by atoms with Gasteiger partial charge in [0, 0.05) is 18.0 Å². The van der Waals surface area contributed by atoms with Crippen LogP contribution in [-0.2, 0) is 17.9 Å². The van der Waals surface area contributed by atoms with E-state index in [-0.39, 0.29) is 23.7 Å². The van der Waals surface area contributed by atoms with Crippen LogP contribution in [0.25, 0.3) is 11.0 Å². The monoisotopic (exact) mass is 405 g/mol. The van der Waals surface area contributed by atoms with Gasteiger partial charge in [0.1, 0.15) is 10.6 Å². The van der Waals surface area contributed by atoms with E-state index >= 15 is 0 Å². The van der Waals surface area contributed by atoms with Crippen molar-refractivity contribution < 1.29 is 24.3 Å². The van der Waals surface area contributed by atoms with Gasteiger partial charge in [-0.1, -0.05) is 35.9 Å². The van der Waals surface area contributed by atoms with Gasteiger partial charge in [0.2, 0.25) is 0 Å². The van der Waals surface area contributed by atoms with Gasteiger partial charge in [-0.05, 0) is 29.7 Å². The third kappa shape index (κ3) is 4.87. The molecule has 2 aromatic carbocycles. The molecule has 0 radical (unpaired) electrons. The van der Waals surface area contributed by atoms with E-state index in [9.17, 15) is 20.2 Å². The minimum absolute atomic E-state index is 0.0211. The van der Waals surface area contributed by atoms with E-state index in [0.29, 0.717) is 11.1 Å². The summed E-state index contributed by atoms with van der Waals surface area (Å²) >= 11 is 5.86. The van der Waals surface area contributed by atoms with Crippen molar-refractivity contribution in [2.45, 2.75) is 18.9 Å². The molecule has 0 bridgehead atoms. The quantitative estimate of drug-likeness (QED) is 0.184. The Bertz CT molecular complexity index is 967. The Morgan fingerprint density at radius 3 is 2.79 bits per heavy atom. The number of para-hydroxylation sites is 1. The molecule has 3 aromatic rings. The third-order valence-corrected chi connectivity index (χ3v) is 4.43. The van der Waals surface area contributed by atoms with Gasteiger partial charge in [-0.2, -0.15) is 11.0 Å². The van der Waals surface area contributed by atoms with Crippen molar-refractivity contribution in [3.8, 4) is 0 Å². The van der Waals surface area contributed by atoms with Crippen LogP contribution in [0, 0.1) is 10.1 Å². The van der Waals surface area contributed by atoms with Crippen molar-refractivity contribution in [3.63, 3.8) is 0 Å². The summed E-state index contributed by atoms with van der Waals surface area (Å²) in [6.45, 7) is 0.188. The molecule has 11 heteroatoms. The Morgan fingerprint density at radius 1 is 1.29 bits per heavy atom. The molecule has 9 nitrogen and oxygen atoms in total. The van der Waals surface area contributed by atoms with Crippen molar-refractivity contribution in [2.75, 3.05) is 0 Å². The molecule has 1 aromatic heterocycles. The highest BCUT2D eigenvalue weighted by Crippen LogP contribution is 2.25. The summed E-state index contributed by atoms with van der Waals surface area (Å²) in [5.74, 6) is -0.825. The zero-order chi connectivity index (χ0) is 20.1. The number of fused-ring (bicyclic) bond motifs is 1. The lowest BCUT2D eigenvalue weighted by Gasteiger charge is -2.17. The number of furan rings is 1. The highest BCUT2D eigenvalue weighted by Gasteiger charge is 2.25. The molecule has 146 valence electrons. The predicted molar refractivity (Wildman–Crippen MR) is 103 cm³/mol. The number of benzene rings is 2. The van der Waals surface area contributed by atoms with Crippen LogP contribution < -0.4 is 11.0 Å². The van der Waals surface area contributed by atoms with Crippen LogP contribution in [0.2, 0.25) is 5.02 Å². The summed E-state index contributed by atoms with van der Waals surface area (Å²) in [5.41, 5.74) is 7.11. The summed E-state index contributed by atoms with van der Waals surface area (Å²) in [5, 5.41) is 30.8. The Balaban J connectivity index is 1.54. The molecular weight excluding hydrogens is 388 g/mol. The minimum Gasteiger partial charge on any atom is -0.464 e. The summed E-state index contributed by atoms with van der Waals surface area (Å²) < 4.78 is 5.44. The van der Waals surface area contributed by atoms with Crippen molar-refractivity contribution in [2.24, 2.45) is 0 Å². The maximum absolute atomic E-state index is 10.8. The van der Waals surface area contributed by atoms with Gasteiger partial charge < -0.3 is 14.5 Å². The summed E-state index contributed by atoms with van der Waals surface area (Å²) in [6.07, 6.45) is 1.81. The highest BCUT2D eigenvalue weighted by atomic mass is 35.5. The van der Waals surface area contributed by atoms with Gasteiger partial charge in [0.05, 0.1) is 17.1 Å². The summed E-state index contributed by atoms with van der Waals surface area (Å²) in [6, 6.07) is 11.7. The van der Waals surface area contributed by atoms with E-state index in [4.69, 9.17) is 21.0 Å². The molecule has 0 saturated carbocycles. The van der Waals surface area contributed by atoms with Gasteiger partial charge in [-0.3, -0.25) is 10.1 Å². The predicted octanol–water partition coefficient (Wildman–Crippen LogP) is 2.14. The number of rotatable bonds is 9. The summed E-state index contributed by atoms with van der Waals surface area (Å²) in [4.78, 5) is 15.3. The maximum atomic E-state index is 10.8. The molecule has 3 rings (SSSR count). The SMILES string of the molecule is O=[N+]([O-])c1ccc(CNON[C@@H](Cc2coc3ccccc23)B(O)O)cc1Cl. The summed E-state index contributed by atoms with van der Waals surface area (Å²) in [7, 11) is -1.68. The van der Waals surface area contributed by atoms with Crippen molar-refractivity contribution in [1.29, 1.82) is 0 Å². The second kappa shape index (κ2) is 9.15. The Kier molecular flexibility index (Phi) is 6.63.